The van der Waals surface area contributed by atoms with Crippen LogP contribution in [0, 0.1) is 5.41 Å². The van der Waals surface area contributed by atoms with Crippen molar-refractivity contribution in [1.82, 2.24) is 15.6 Å². The van der Waals surface area contributed by atoms with Crippen molar-refractivity contribution in [3.8, 4) is 0 Å². The van der Waals surface area contributed by atoms with Crippen LogP contribution < -0.4 is 10.6 Å². The lowest BCUT2D eigenvalue weighted by Crippen LogP contribution is -2.55. The summed E-state index contributed by atoms with van der Waals surface area (Å²) in [7, 11) is 0. The molecular formula is C12H19N3OS. The van der Waals surface area contributed by atoms with E-state index in [0.717, 1.165) is 24.4 Å². The van der Waals surface area contributed by atoms with E-state index in [4.69, 9.17) is 0 Å². The highest BCUT2D eigenvalue weighted by atomic mass is 32.1. The van der Waals surface area contributed by atoms with Gasteiger partial charge >= 0.3 is 0 Å². The number of amides is 1. The molecule has 0 saturated carbocycles. The van der Waals surface area contributed by atoms with Gasteiger partial charge in [0.15, 0.2) is 0 Å². The first-order valence-electron chi connectivity index (χ1n) is 5.99. The topological polar surface area (TPSA) is 54.0 Å². The average Bonchev–Trinajstić information content (AvgIpc) is 2.78. The van der Waals surface area contributed by atoms with Gasteiger partial charge in [-0.2, -0.15) is 0 Å². The quantitative estimate of drug-likeness (QED) is 0.859. The van der Waals surface area contributed by atoms with Crippen LogP contribution in [-0.2, 0) is 11.3 Å². The van der Waals surface area contributed by atoms with Crippen molar-refractivity contribution in [3.05, 3.63) is 16.6 Å². The highest BCUT2D eigenvalue weighted by molar-refractivity contribution is 7.09. The fourth-order valence-corrected chi connectivity index (χ4v) is 2.82. The minimum absolute atomic E-state index is 0.0329. The Kier molecular flexibility index (Phi) is 3.79. The number of thiazole rings is 1. The third-order valence-electron chi connectivity index (χ3n) is 3.29. The van der Waals surface area contributed by atoms with Crippen LogP contribution >= 0.6 is 11.3 Å². The summed E-state index contributed by atoms with van der Waals surface area (Å²) >= 11 is 1.57. The molecule has 1 fully saturated rings. The normalized spacial score (nSPS) is 23.3. The molecule has 1 aliphatic rings. The lowest BCUT2D eigenvalue weighted by molar-refractivity contribution is -0.126. The number of aromatic nitrogens is 1. The largest absolute Gasteiger partial charge is 0.348 e. The first kappa shape index (κ1) is 12.5. The molecule has 2 heterocycles. The van der Waals surface area contributed by atoms with Crippen LogP contribution in [0.2, 0.25) is 0 Å². The van der Waals surface area contributed by atoms with Crippen molar-refractivity contribution in [2.45, 2.75) is 39.3 Å². The first-order chi connectivity index (χ1) is 8.09. The molecule has 1 amide bonds. The average molecular weight is 253 g/mol. The van der Waals surface area contributed by atoms with E-state index in [2.05, 4.69) is 29.5 Å². The monoisotopic (exact) mass is 253 g/mol. The zero-order valence-corrected chi connectivity index (χ0v) is 11.1. The fourth-order valence-electron chi connectivity index (χ4n) is 2.26. The van der Waals surface area contributed by atoms with Crippen molar-refractivity contribution in [2.75, 3.05) is 6.54 Å². The third-order valence-corrected chi connectivity index (χ3v) is 4.07. The lowest BCUT2D eigenvalue weighted by Gasteiger charge is -2.38. The minimum atomic E-state index is -0.0868. The molecule has 1 aliphatic heterocycles. The molecule has 0 radical (unpaired) electrons. The van der Waals surface area contributed by atoms with Crippen LogP contribution in [0.1, 0.15) is 31.7 Å². The Morgan fingerprint density at radius 1 is 1.71 bits per heavy atom. The summed E-state index contributed by atoms with van der Waals surface area (Å²) < 4.78 is 0. The van der Waals surface area contributed by atoms with Gasteiger partial charge in [0.1, 0.15) is 5.01 Å². The van der Waals surface area contributed by atoms with Crippen molar-refractivity contribution >= 4 is 17.2 Å². The van der Waals surface area contributed by atoms with E-state index in [1.165, 1.54) is 0 Å². The summed E-state index contributed by atoms with van der Waals surface area (Å²) in [4.78, 5) is 16.3. The Balaban J connectivity index is 1.90. The maximum atomic E-state index is 12.1. The van der Waals surface area contributed by atoms with Crippen LogP contribution in [0.3, 0.4) is 0 Å². The maximum absolute atomic E-state index is 12.1. The van der Waals surface area contributed by atoms with Gasteiger partial charge in [0.2, 0.25) is 5.91 Å². The van der Waals surface area contributed by atoms with Gasteiger partial charge in [0.25, 0.3) is 0 Å². The number of hydrogen-bond acceptors (Lipinski definition) is 4. The van der Waals surface area contributed by atoms with Gasteiger partial charge in [-0.15, -0.1) is 11.3 Å². The van der Waals surface area contributed by atoms with Crippen molar-refractivity contribution in [3.63, 3.8) is 0 Å². The van der Waals surface area contributed by atoms with Crippen LogP contribution in [-0.4, -0.2) is 23.5 Å². The number of rotatable bonds is 3. The second kappa shape index (κ2) is 5.14. The van der Waals surface area contributed by atoms with E-state index in [1.54, 1.807) is 17.5 Å². The maximum Gasteiger partial charge on any atom is 0.238 e. The van der Waals surface area contributed by atoms with E-state index in [-0.39, 0.29) is 17.4 Å². The lowest BCUT2D eigenvalue weighted by atomic mass is 9.77. The fraction of sp³-hybridized carbons (Fsp3) is 0.667. The van der Waals surface area contributed by atoms with Gasteiger partial charge in [-0.25, -0.2) is 4.98 Å². The predicted octanol–water partition coefficient (Wildman–Crippen LogP) is 1.54. The highest BCUT2D eigenvalue weighted by Gasteiger charge is 2.36. The van der Waals surface area contributed by atoms with Gasteiger partial charge in [0.05, 0.1) is 12.6 Å². The Hall–Kier alpha value is -0.940. The summed E-state index contributed by atoms with van der Waals surface area (Å²) in [5.74, 6) is 0.0879. The standard InChI is InChI=1S/C12H19N3OS/c1-12(2)4-3-5-14-10(12)11(16)15-8-9-13-6-7-17-9/h6-7,10,14H,3-5,8H2,1-2H3,(H,15,16). The summed E-state index contributed by atoms with van der Waals surface area (Å²) in [6.45, 7) is 5.75. The number of carbonyl (C=O) groups is 1. The Bertz CT molecular complexity index is 375. The minimum Gasteiger partial charge on any atom is -0.348 e. The molecule has 94 valence electrons. The number of carbonyl (C=O) groups excluding carboxylic acids is 1. The molecule has 5 heteroatoms. The molecular weight excluding hydrogens is 234 g/mol. The van der Waals surface area contributed by atoms with E-state index in [9.17, 15) is 4.79 Å². The van der Waals surface area contributed by atoms with E-state index >= 15 is 0 Å². The van der Waals surface area contributed by atoms with Gasteiger partial charge in [-0.05, 0) is 24.8 Å². The SMILES string of the molecule is CC1(C)CCCNC1C(=O)NCc1nccs1. The van der Waals surface area contributed by atoms with E-state index in [1.807, 2.05) is 5.38 Å². The van der Waals surface area contributed by atoms with Crippen LogP contribution in [0.15, 0.2) is 11.6 Å². The van der Waals surface area contributed by atoms with Crippen molar-refractivity contribution in [2.24, 2.45) is 5.41 Å². The smallest absolute Gasteiger partial charge is 0.238 e. The first-order valence-corrected chi connectivity index (χ1v) is 6.87. The second-order valence-electron chi connectivity index (χ2n) is 5.12. The Labute approximate surface area is 106 Å². The summed E-state index contributed by atoms with van der Waals surface area (Å²) in [6, 6.07) is -0.0868. The molecule has 1 saturated heterocycles. The third kappa shape index (κ3) is 3.04. The van der Waals surface area contributed by atoms with Crippen LogP contribution in [0.4, 0.5) is 0 Å². The molecule has 1 unspecified atom stereocenters. The molecule has 2 rings (SSSR count). The van der Waals surface area contributed by atoms with Crippen LogP contribution in [0.5, 0.6) is 0 Å². The molecule has 0 spiro atoms. The zero-order valence-electron chi connectivity index (χ0n) is 10.3. The summed E-state index contributed by atoms with van der Waals surface area (Å²) in [6.07, 6.45) is 3.99. The van der Waals surface area contributed by atoms with Crippen molar-refractivity contribution in [1.29, 1.82) is 0 Å². The molecule has 1 aromatic heterocycles. The summed E-state index contributed by atoms with van der Waals surface area (Å²) in [5.41, 5.74) is 0.0329. The predicted molar refractivity (Wildman–Crippen MR) is 68.8 cm³/mol. The highest BCUT2D eigenvalue weighted by Crippen LogP contribution is 2.30. The second-order valence-corrected chi connectivity index (χ2v) is 6.10. The Morgan fingerprint density at radius 3 is 3.18 bits per heavy atom. The van der Waals surface area contributed by atoms with E-state index in [0.29, 0.717) is 6.54 Å². The number of hydrogen-bond donors (Lipinski definition) is 2. The van der Waals surface area contributed by atoms with Gasteiger partial charge in [-0.3, -0.25) is 4.79 Å². The molecule has 0 bridgehead atoms. The van der Waals surface area contributed by atoms with Gasteiger partial charge in [0, 0.05) is 11.6 Å². The molecule has 4 nitrogen and oxygen atoms in total. The zero-order chi connectivity index (χ0) is 12.3. The Morgan fingerprint density at radius 2 is 2.53 bits per heavy atom. The van der Waals surface area contributed by atoms with E-state index < -0.39 is 0 Å². The molecule has 17 heavy (non-hydrogen) atoms. The number of nitrogens with zero attached hydrogens (tertiary/aromatic N) is 1. The number of nitrogens with one attached hydrogen (secondary N) is 2. The summed E-state index contributed by atoms with van der Waals surface area (Å²) in [5, 5.41) is 9.14. The van der Waals surface area contributed by atoms with Gasteiger partial charge in [-0.1, -0.05) is 13.8 Å². The molecule has 0 aliphatic carbocycles. The molecule has 1 aromatic rings. The van der Waals surface area contributed by atoms with Gasteiger partial charge < -0.3 is 10.6 Å². The van der Waals surface area contributed by atoms with Crippen molar-refractivity contribution < 1.29 is 4.79 Å². The molecule has 0 aromatic carbocycles. The van der Waals surface area contributed by atoms with Crippen LogP contribution in [0.25, 0.3) is 0 Å². The number of piperidine rings is 1. The molecule has 2 N–H and O–H groups in total. The molecule has 1 atom stereocenters.